The van der Waals surface area contributed by atoms with Crippen molar-refractivity contribution in [2.75, 3.05) is 12.9 Å². The van der Waals surface area contributed by atoms with E-state index >= 15 is 0 Å². The fraction of sp³-hybridized carbons (Fsp3) is 0.400. The van der Waals surface area contributed by atoms with Crippen molar-refractivity contribution in [1.82, 2.24) is 0 Å². The van der Waals surface area contributed by atoms with Crippen LogP contribution in [0.5, 0.6) is 5.75 Å². The molecular weight excluding hydrogens is 233 g/mol. The SMILES string of the molecule is COc1ccc(C2C(N)CS2(=O)=O)cc1F. The third-order valence-electron chi connectivity index (χ3n) is 2.70. The van der Waals surface area contributed by atoms with Gasteiger partial charge < -0.3 is 10.5 Å². The average molecular weight is 245 g/mol. The Balaban J connectivity index is 2.39. The lowest BCUT2D eigenvalue weighted by Gasteiger charge is -2.33. The molecule has 0 amide bonds. The lowest BCUT2D eigenvalue weighted by molar-refractivity contribution is 0.386. The third-order valence-corrected chi connectivity index (χ3v) is 4.95. The quantitative estimate of drug-likeness (QED) is 0.829. The predicted octanol–water partition coefficient (Wildman–Crippen LogP) is 0.631. The van der Waals surface area contributed by atoms with E-state index in [1.807, 2.05) is 0 Å². The van der Waals surface area contributed by atoms with Crippen LogP contribution in [0.4, 0.5) is 4.39 Å². The Labute approximate surface area is 93.1 Å². The van der Waals surface area contributed by atoms with Gasteiger partial charge in [0.1, 0.15) is 5.25 Å². The summed E-state index contributed by atoms with van der Waals surface area (Å²) in [4.78, 5) is 0. The Morgan fingerprint density at radius 2 is 2.19 bits per heavy atom. The number of benzene rings is 1. The molecule has 0 spiro atoms. The van der Waals surface area contributed by atoms with Gasteiger partial charge in [-0.1, -0.05) is 6.07 Å². The maximum absolute atomic E-state index is 13.4. The Morgan fingerprint density at radius 1 is 1.50 bits per heavy atom. The Morgan fingerprint density at radius 3 is 2.62 bits per heavy atom. The summed E-state index contributed by atoms with van der Waals surface area (Å²) < 4.78 is 41.1. The summed E-state index contributed by atoms with van der Waals surface area (Å²) in [5, 5.41) is -0.784. The standard InChI is InChI=1S/C10H12FNO3S/c1-15-9-3-2-6(4-7(9)11)10-8(12)5-16(10,13)14/h2-4,8,10H,5,12H2,1H3. The molecule has 0 saturated carbocycles. The van der Waals surface area contributed by atoms with Crippen molar-refractivity contribution >= 4 is 9.84 Å². The summed E-state index contributed by atoms with van der Waals surface area (Å²) in [6.45, 7) is 0. The van der Waals surface area contributed by atoms with Gasteiger partial charge in [0.15, 0.2) is 21.4 Å². The van der Waals surface area contributed by atoms with E-state index in [2.05, 4.69) is 0 Å². The van der Waals surface area contributed by atoms with Crippen molar-refractivity contribution in [3.8, 4) is 5.75 Å². The normalized spacial score (nSPS) is 27.2. The molecule has 1 heterocycles. The van der Waals surface area contributed by atoms with Crippen LogP contribution in [-0.4, -0.2) is 27.3 Å². The minimum Gasteiger partial charge on any atom is -0.494 e. The monoisotopic (exact) mass is 245 g/mol. The van der Waals surface area contributed by atoms with E-state index in [9.17, 15) is 12.8 Å². The van der Waals surface area contributed by atoms with Crippen LogP contribution < -0.4 is 10.5 Å². The van der Waals surface area contributed by atoms with Crippen LogP contribution in [0.3, 0.4) is 0 Å². The molecule has 2 rings (SSSR count). The van der Waals surface area contributed by atoms with Crippen molar-refractivity contribution in [2.24, 2.45) is 5.73 Å². The van der Waals surface area contributed by atoms with Crippen molar-refractivity contribution in [3.05, 3.63) is 29.6 Å². The number of methoxy groups -OCH3 is 1. The smallest absolute Gasteiger partial charge is 0.165 e. The Kier molecular flexibility index (Phi) is 2.63. The second kappa shape index (κ2) is 3.71. The molecule has 1 aliphatic rings. The van der Waals surface area contributed by atoms with Crippen molar-refractivity contribution < 1.29 is 17.5 Å². The molecule has 0 bridgehead atoms. The van der Waals surface area contributed by atoms with Gasteiger partial charge in [0.2, 0.25) is 0 Å². The Bertz CT molecular complexity index is 515. The van der Waals surface area contributed by atoms with Crippen LogP contribution in [0, 0.1) is 5.82 Å². The lowest BCUT2D eigenvalue weighted by atomic mass is 10.1. The topological polar surface area (TPSA) is 69.4 Å². The van der Waals surface area contributed by atoms with E-state index in [-0.39, 0.29) is 11.5 Å². The maximum atomic E-state index is 13.4. The van der Waals surface area contributed by atoms with E-state index in [1.54, 1.807) is 0 Å². The summed E-state index contributed by atoms with van der Waals surface area (Å²) in [6.07, 6.45) is 0. The van der Waals surface area contributed by atoms with Crippen LogP contribution in [-0.2, 0) is 9.84 Å². The molecule has 2 N–H and O–H groups in total. The third kappa shape index (κ3) is 1.68. The molecule has 0 aromatic heterocycles. The largest absolute Gasteiger partial charge is 0.494 e. The summed E-state index contributed by atoms with van der Waals surface area (Å²) in [5.41, 5.74) is 6.00. The van der Waals surface area contributed by atoms with E-state index in [0.29, 0.717) is 5.56 Å². The zero-order valence-corrected chi connectivity index (χ0v) is 9.50. The number of rotatable bonds is 2. The van der Waals surface area contributed by atoms with Crippen molar-refractivity contribution in [2.45, 2.75) is 11.3 Å². The van der Waals surface area contributed by atoms with Gasteiger partial charge in [0, 0.05) is 6.04 Å². The maximum Gasteiger partial charge on any atom is 0.165 e. The summed E-state index contributed by atoms with van der Waals surface area (Å²) >= 11 is 0. The molecule has 2 unspecified atom stereocenters. The van der Waals surface area contributed by atoms with Gasteiger partial charge in [0.05, 0.1) is 12.9 Å². The first-order chi connectivity index (χ1) is 7.45. The highest BCUT2D eigenvalue weighted by molar-refractivity contribution is 7.93. The van der Waals surface area contributed by atoms with E-state index in [1.165, 1.54) is 25.3 Å². The molecule has 6 heteroatoms. The van der Waals surface area contributed by atoms with Crippen molar-refractivity contribution in [3.63, 3.8) is 0 Å². The number of ether oxygens (including phenoxy) is 1. The number of halogens is 1. The van der Waals surface area contributed by atoms with Gasteiger partial charge in [-0.2, -0.15) is 0 Å². The molecule has 1 aromatic carbocycles. The Hall–Kier alpha value is -1.14. The molecule has 16 heavy (non-hydrogen) atoms. The first kappa shape index (κ1) is 11.3. The molecule has 0 radical (unpaired) electrons. The number of hydrogen-bond acceptors (Lipinski definition) is 4. The number of hydrogen-bond donors (Lipinski definition) is 1. The van der Waals surface area contributed by atoms with Crippen LogP contribution in [0.2, 0.25) is 0 Å². The molecule has 1 fully saturated rings. The van der Waals surface area contributed by atoms with E-state index < -0.39 is 26.9 Å². The second-order valence-electron chi connectivity index (χ2n) is 3.81. The van der Waals surface area contributed by atoms with Crippen LogP contribution in [0.15, 0.2) is 18.2 Å². The first-order valence-electron chi connectivity index (χ1n) is 4.76. The van der Waals surface area contributed by atoms with Crippen LogP contribution in [0.1, 0.15) is 10.8 Å². The lowest BCUT2D eigenvalue weighted by Crippen LogP contribution is -2.50. The summed E-state index contributed by atoms with van der Waals surface area (Å²) in [7, 11) is -1.84. The van der Waals surface area contributed by atoms with Gasteiger partial charge in [-0.05, 0) is 17.7 Å². The van der Waals surface area contributed by atoms with E-state index in [0.717, 1.165) is 0 Å². The zero-order valence-electron chi connectivity index (χ0n) is 8.68. The highest BCUT2D eigenvalue weighted by Gasteiger charge is 2.44. The minimum atomic E-state index is -3.19. The van der Waals surface area contributed by atoms with Gasteiger partial charge in [-0.3, -0.25) is 0 Å². The van der Waals surface area contributed by atoms with Crippen molar-refractivity contribution in [1.29, 1.82) is 0 Å². The molecule has 88 valence electrons. The van der Waals surface area contributed by atoms with Gasteiger partial charge in [-0.15, -0.1) is 0 Å². The molecule has 0 aliphatic carbocycles. The van der Waals surface area contributed by atoms with Crippen LogP contribution in [0.25, 0.3) is 0 Å². The van der Waals surface area contributed by atoms with Gasteiger partial charge >= 0.3 is 0 Å². The second-order valence-corrected chi connectivity index (χ2v) is 5.97. The first-order valence-corrected chi connectivity index (χ1v) is 6.48. The van der Waals surface area contributed by atoms with Gasteiger partial charge in [0.25, 0.3) is 0 Å². The molecule has 1 aromatic rings. The molecule has 1 saturated heterocycles. The minimum absolute atomic E-state index is 0.0364. The highest BCUT2D eigenvalue weighted by Crippen LogP contribution is 2.36. The number of sulfone groups is 1. The van der Waals surface area contributed by atoms with Gasteiger partial charge in [-0.25, -0.2) is 12.8 Å². The molecule has 2 atom stereocenters. The number of nitrogens with two attached hydrogens (primary N) is 1. The molecule has 1 aliphatic heterocycles. The zero-order chi connectivity index (χ0) is 11.9. The summed E-state index contributed by atoms with van der Waals surface area (Å²) in [5.74, 6) is -0.519. The highest BCUT2D eigenvalue weighted by atomic mass is 32.2. The average Bonchev–Trinajstić information content (AvgIpc) is 2.16. The van der Waals surface area contributed by atoms with E-state index in [4.69, 9.17) is 10.5 Å². The van der Waals surface area contributed by atoms with Crippen LogP contribution >= 0.6 is 0 Å². The fourth-order valence-electron chi connectivity index (χ4n) is 1.92. The molecular formula is C10H12FNO3S. The molecule has 4 nitrogen and oxygen atoms in total. The fourth-order valence-corrected chi connectivity index (χ4v) is 3.69. The predicted molar refractivity (Wildman–Crippen MR) is 57.5 cm³/mol. The summed E-state index contributed by atoms with van der Waals surface area (Å²) in [6, 6.07) is 3.66.